The van der Waals surface area contributed by atoms with E-state index in [1.807, 2.05) is 72.8 Å². The SMILES string of the molecule is OC12C=CC(O)(C=C1)c1ccc(cc1)-c1ccc3c(c1)CN1CN3Cc3cc(ccc31)-c1ccc(cc1)C1(O)C=CC(O)(C=C1)c1ccc(cc1)-c1ccc2cc1. The van der Waals surface area contributed by atoms with E-state index in [4.69, 9.17) is 0 Å². The van der Waals surface area contributed by atoms with Gasteiger partial charge in [0.2, 0.25) is 0 Å². The summed E-state index contributed by atoms with van der Waals surface area (Å²) in [6.07, 6.45) is 13.3. The van der Waals surface area contributed by atoms with Crippen LogP contribution in [0.2, 0.25) is 0 Å². The van der Waals surface area contributed by atoms with Gasteiger partial charge in [-0.15, -0.1) is 0 Å². The van der Waals surface area contributed by atoms with Gasteiger partial charge < -0.3 is 30.2 Å². The minimum Gasteiger partial charge on any atom is -0.377 e. The van der Waals surface area contributed by atoms with Crippen molar-refractivity contribution in [3.05, 3.63) is 215 Å². The molecule has 17 aliphatic heterocycles. The van der Waals surface area contributed by atoms with Gasteiger partial charge in [0.15, 0.2) is 0 Å². The van der Waals surface area contributed by atoms with E-state index in [1.54, 1.807) is 48.6 Å². The minimum atomic E-state index is -1.38. The van der Waals surface area contributed by atoms with Gasteiger partial charge in [-0.25, -0.2) is 0 Å². The predicted octanol–water partition coefficient (Wildman–Crippen LogP) is 8.70. The molecule has 278 valence electrons. The Labute approximate surface area is 331 Å². The molecule has 20 bridgehead atoms. The Balaban J connectivity index is 0.974. The monoisotopic (exact) mass is 744 g/mol. The molecule has 0 spiro atoms. The van der Waals surface area contributed by atoms with Gasteiger partial charge in [0.25, 0.3) is 0 Å². The summed E-state index contributed by atoms with van der Waals surface area (Å²) < 4.78 is 0. The second-order valence-electron chi connectivity index (χ2n) is 16.2. The van der Waals surface area contributed by atoms with Crippen molar-refractivity contribution in [1.82, 2.24) is 0 Å². The van der Waals surface area contributed by atoms with Gasteiger partial charge in [-0.1, -0.05) is 109 Å². The first-order valence-corrected chi connectivity index (χ1v) is 19.5. The van der Waals surface area contributed by atoms with E-state index < -0.39 is 22.4 Å². The van der Waals surface area contributed by atoms with Gasteiger partial charge in [0, 0.05) is 24.5 Å². The summed E-state index contributed by atoms with van der Waals surface area (Å²) in [4.78, 5) is 4.87. The molecular formula is C51H40N2O4. The first-order valence-electron chi connectivity index (χ1n) is 19.5. The molecule has 0 amide bonds. The van der Waals surface area contributed by atoms with Gasteiger partial charge in [0.05, 0.1) is 6.67 Å². The molecule has 4 N–H and O–H groups in total. The van der Waals surface area contributed by atoms with E-state index in [2.05, 4.69) is 70.5 Å². The summed E-state index contributed by atoms with van der Waals surface area (Å²) >= 11 is 0. The molecule has 6 aromatic carbocycles. The quantitative estimate of drug-likeness (QED) is 0.117. The van der Waals surface area contributed by atoms with Gasteiger partial charge in [-0.05, 0) is 140 Å². The van der Waals surface area contributed by atoms with Crippen LogP contribution in [0.15, 0.2) is 182 Å². The smallest absolute Gasteiger partial charge is 0.127 e. The molecule has 0 radical (unpaired) electrons. The Bertz CT molecular complexity index is 2490. The normalized spacial score (nSPS) is 26.0. The van der Waals surface area contributed by atoms with E-state index in [1.165, 1.54) is 22.5 Å². The van der Waals surface area contributed by atoms with Gasteiger partial charge in [-0.2, -0.15) is 0 Å². The van der Waals surface area contributed by atoms with Crippen LogP contribution in [-0.4, -0.2) is 27.1 Å². The summed E-state index contributed by atoms with van der Waals surface area (Å²) in [5.41, 5.74) is 8.66. The lowest BCUT2D eigenvalue weighted by Crippen LogP contribution is -2.46. The van der Waals surface area contributed by atoms with Crippen LogP contribution >= 0.6 is 0 Å². The van der Waals surface area contributed by atoms with Crippen molar-refractivity contribution in [1.29, 1.82) is 0 Å². The fraction of sp³-hybridized carbons (Fsp3) is 0.137. The van der Waals surface area contributed by atoms with Crippen molar-refractivity contribution in [2.24, 2.45) is 0 Å². The van der Waals surface area contributed by atoms with Crippen LogP contribution in [0.5, 0.6) is 0 Å². The molecule has 0 fully saturated rings. The molecule has 6 heteroatoms. The number of rotatable bonds is 0. The summed E-state index contributed by atoms with van der Waals surface area (Å²) in [7, 11) is 0. The molecule has 6 nitrogen and oxygen atoms in total. The number of hydrogen-bond acceptors (Lipinski definition) is 6. The Morgan fingerprint density at radius 1 is 0.316 bits per heavy atom. The highest BCUT2D eigenvalue weighted by Gasteiger charge is 2.35. The first-order chi connectivity index (χ1) is 27.6. The highest BCUT2D eigenvalue weighted by Crippen LogP contribution is 2.43. The van der Waals surface area contributed by atoms with Crippen molar-refractivity contribution in [3.8, 4) is 33.4 Å². The van der Waals surface area contributed by atoms with Crippen molar-refractivity contribution < 1.29 is 20.4 Å². The zero-order valence-electron chi connectivity index (χ0n) is 31.1. The Hall–Kier alpha value is -6.28. The number of anilines is 2. The van der Waals surface area contributed by atoms with Crippen LogP contribution in [0.3, 0.4) is 0 Å². The molecule has 0 atom stereocenters. The second-order valence-corrected chi connectivity index (χ2v) is 16.2. The molecule has 25 rings (SSSR count). The number of aliphatic hydroxyl groups is 4. The minimum absolute atomic E-state index is 0.681. The van der Waals surface area contributed by atoms with E-state index >= 15 is 0 Å². The van der Waals surface area contributed by atoms with Crippen molar-refractivity contribution in [3.63, 3.8) is 0 Å². The van der Waals surface area contributed by atoms with Crippen LogP contribution < -0.4 is 9.80 Å². The van der Waals surface area contributed by atoms with E-state index in [0.29, 0.717) is 11.1 Å². The zero-order valence-corrected chi connectivity index (χ0v) is 31.1. The van der Waals surface area contributed by atoms with Crippen LogP contribution in [-0.2, 0) is 35.5 Å². The summed E-state index contributed by atoms with van der Waals surface area (Å²) in [5.74, 6) is 0. The second kappa shape index (κ2) is 12.1. The number of benzene rings is 6. The Kier molecular flexibility index (Phi) is 7.23. The van der Waals surface area contributed by atoms with E-state index in [0.717, 1.165) is 64.3 Å². The lowest BCUT2D eigenvalue weighted by Gasteiger charge is -2.45. The number of nitrogens with zero attached hydrogens (tertiary/aromatic N) is 2. The molecule has 0 unspecified atom stereocenters. The maximum atomic E-state index is 11.7. The highest BCUT2D eigenvalue weighted by atomic mass is 16.3. The maximum absolute atomic E-state index is 11.7. The van der Waals surface area contributed by atoms with E-state index in [9.17, 15) is 20.4 Å². The Morgan fingerprint density at radius 2 is 0.561 bits per heavy atom. The average molecular weight is 745 g/mol. The molecular weight excluding hydrogens is 705 g/mol. The maximum Gasteiger partial charge on any atom is 0.127 e. The summed E-state index contributed by atoms with van der Waals surface area (Å²) in [5, 5.41) is 46.7. The van der Waals surface area contributed by atoms with Crippen LogP contribution in [0, 0.1) is 0 Å². The molecule has 0 saturated heterocycles. The van der Waals surface area contributed by atoms with Crippen LogP contribution in [0.25, 0.3) is 33.4 Å². The third-order valence-electron chi connectivity index (χ3n) is 12.7. The molecule has 6 aromatic rings. The van der Waals surface area contributed by atoms with Gasteiger partial charge in [0.1, 0.15) is 22.4 Å². The lowest BCUT2D eigenvalue weighted by molar-refractivity contribution is 0.106. The molecule has 0 saturated carbocycles. The molecule has 19 aliphatic rings. The predicted molar refractivity (Wildman–Crippen MR) is 225 cm³/mol. The Morgan fingerprint density at radius 3 is 0.842 bits per heavy atom. The third kappa shape index (κ3) is 5.48. The zero-order chi connectivity index (χ0) is 38.6. The highest BCUT2D eigenvalue weighted by molar-refractivity contribution is 5.76. The largest absolute Gasteiger partial charge is 0.377 e. The summed E-state index contributed by atoms with van der Waals surface area (Å²) in [6.45, 7) is 2.45. The van der Waals surface area contributed by atoms with Gasteiger partial charge in [-0.3, -0.25) is 0 Å². The number of hydrogen-bond donors (Lipinski definition) is 4. The van der Waals surface area contributed by atoms with Crippen molar-refractivity contribution in [2.45, 2.75) is 35.5 Å². The van der Waals surface area contributed by atoms with Crippen molar-refractivity contribution >= 4 is 11.4 Å². The lowest BCUT2D eigenvalue weighted by atomic mass is 9.80. The fourth-order valence-electron chi connectivity index (χ4n) is 9.17. The molecule has 57 heavy (non-hydrogen) atoms. The topological polar surface area (TPSA) is 87.4 Å². The van der Waals surface area contributed by atoms with Crippen LogP contribution in [0.1, 0.15) is 33.4 Å². The molecule has 0 aromatic heterocycles. The first kappa shape index (κ1) is 34.0. The fourth-order valence-corrected chi connectivity index (χ4v) is 9.17. The molecule has 2 aliphatic carbocycles. The van der Waals surface area contributed by atoms with E-state index in [-0.39, 0.29) is 0 Å². The standard InChI is InChI=1S/C51H40N2O4/c54-48-21-25-50(56,26-22-48)44-15-5-36(6-16-44)38-9-19-46-40(29-38)31-52-33-53(46)32-41-30-39(10-20-47(41)52)37-7-17-45(18-8-37)51(57)27-23-49(55,24-28-51)43-13-3-35(4-14-43)34-1-11-42(48)12-2-34/h1-30,54-57H,31-33H2. The van der Waals surface area contributed by atoms with Gasteiger partial charge >= 0.3 is 0 Å². The molecule has 17 heterocycles. The average Bonchev–Trinajstić information content (AvgIpc) is 3.26. The third-order valence-corrected chi connectivity index (χ3v) is 12.7. The van der Waals surface area contributed by atoms with Crippen molar-refractivity contribution in [2.75, 3.05) is 16.5 Å². The summed E-state index contributed by atoms with van der Waals surface area (Å²) in [6, 6.07) is 44.9. The van der Waals surface area contributed by atoms with Crippen LogP contribution in [0.4, 0.5) is 11.4 Å².